The maximum atomic E-state index is 8.48. The van der Waals surface area contributed by atoms with Crippen molar-refractivity contribution in [3.05, 3.63) is 0 Å². The van der Waals surface area contributed by atoms with Crippen molar-refractivity contribution in [2.24, 2.45) is 0 Å². The smallest absolute Gasteiger partial charge is 0.250 e. The summed E-state index contributed by atoms with van der Waals surface area (Å²) in [5.41, 5.74) is 0. The van der Waals surface area contributed by atoms with Crippen molar-refractivity contribution < 1.29 is 56.1 Å². The summed E-state index contributed by atoms with van der Waals surface area (Å²) in [6.07, 6.45) is 0. The molecular weight excluding hydrogens is 372 g/mol. The first kappa shape index (κ1) is 50.6. The molecule has 0 saturated carbocycles. The van der Waals surface area contributed by atoms with E-state index in [1.807, 2.05) is 0 Å². The van der Waals surface area contributed by atoms with Crippen LogP contribution in [-0.2, 0) is 36.5 Å². The zero-order valence-corrected chi connectivity index (χ0v) is 14.3. The monoisotopic (exact) mass is 388 g/mol. The first-order valence-electron chi connectivity index (χ1n) is 2.19. The second kappa shape index (κ2) is 42.9. The van der Waals surface area contributed by atoms with E-state index < -0.39 is 31.6 Å². The molecule has 0 aromatic carbocycles. The average Bonchev–Trinajstić information content (AvgIpc) is 1.76. The van der Waals surface area contributed by atoms with Crippen LogP contribution in [-0.4, -0.2) is 0 Å². The van der Waals surface area contributed by atoms with Crippen molar-refractivity contribution in [2.75, 3.05) is 0 Å². The molecule has 0 spiro atoms. The van der Waals surface area contributed by atoms with E-state index in [4.69, 9.17) is 56.1 Å². The highest BCUT2D eigenvalue weighted by molar-refractivity contribution is 7.22. The van der Waals surface area contributed by atoms with Crippen LogP contribution in [0.2, 0.25) is 0 Å². The Hall–Kier alpha value is -0.720. The molecule has 20 heavy (non-hydrogen) atoms. The van der Waals surface area contributed by atoms with Crippen LogP contribution in [0.15, 0.2) is 0 Å². The fourth-order valence-electron chi connectivity index (χ4n) is 0. The molecular formula is H16N4O12P4. The van der Waals surface area contributed by atoms with Crippen LogP contribution in [0.3, 0.4) is 0 Å². The van der Waals surface area contributed by atoms with Gasteiger partial charge in [0.25, 0.3) is 0 Å². The Labute approximate surface area is 113 Å². The van der Waals surface area contributed by atoms with Gasteiger partial charge in [-0.15, -0.1) is 0 Å². The number of rotatable bonds is 0. The average molecular weight is 388 g/mol. The molecule has 0 aromatic rings. The predicted octanol–water partition coefficient (Wildman–Crippen LogP) is -0.757. The summed E-state index contributed by atoms with van der Waals surface area (Å²) in [5, 5.41) is 0. The molecule has 0 atom stereocenters. The van der Waals surface area contributed by atoms with E-state index in [2.05, 4.69) is 0 Å². The molecule has 0 unspecified atom stereocenters. The third-order valence-electron chi connectivity index (χ3n) is 0. The minimum Gasteiger partial charge on any atom is -0.744 e. The summed E-state index contributed by atoms with van der Waals surface area (Å²) in [4.78, 5) is 33.9. The lowest BCUT2D eigenvalue weighted by Gasteiger charge is -1.62. The van der Waals surface area contributed by atoms with Gasteiger partial charge in [0.2, 0.25) is 31.6 Å². The van der Waals surface area contributed by atoms with Crippen molar-refractivity contribution >= 4 is 31.6 Å². The van der Waals surface area contributed by atoms with Gasteiger partial charge in [0, 0.05) is 0 Å². The van der Waals surface area contributed by atoms with Gasteiger partial charge in [0.05, 0.1) is 0 Å². The van der Waals surface area contributed by atoms with Crippen molar-refractivity contribution in [2.45, 2.75) is 0 Å². The van der Waals surface area contributed by atoms with Gasteiger partial charge in [0.1, 0.15) is 0 Å². The molecule has 0 saturated heterocycles. The number of quaternary nitrogens is 4. The topological polar surface area (TPSA) is 375 Å². The van der Waals surface area contributed by atoms with Gasteiger partial charge in [-0.3, -0.25) is 36.5 Å². The van der Waals surface area contributed by atoms with Gasteiger partial charge in [-0.25, -0.2) is 0 Å². The Bertz CT molecular complexity index is 301. The van der Waals surface area contributed by atoms with Gasteiger partial charge in [-0.2, -0.15) is 0 Å². The first-order valence-corrected chi connectivity index (χ1v) is 6.57. The van der Waals surface area contributed by atoms with E-state index >= 15 is 0 Å². The van der Waals surface area contributed by atoms with Crippen LogP contribution in [0.4, 0.5) is 0 Å². The molecule has 0 aliphatic rings. The summed E-state index contributed by atoms with van der Waals surface area (Å²) in [7, 11) is -13.5. The Balaban J connectivity index is -0.0000000150. The highest BCUT2D eigenvalue weighted by atomic mass is 31.1. The third-order valence-corrected chi connectivity index (χ3v) is 0. The highest BCUT2D eigenvalue weighted by Crippen LogP contribution is 1.75. The summed E-state index contributed by atoms with van der Waals surface area (Å²) in [5.74, 6) is 0. The van der Waals surface area contributed by atoms with E-state index in [0.717, 1.165) is 0 Å². The van der Waals surface area contributed by atoms with Crippen LogP contribution in [0, 0.1) is 0 Å². The fourth-order valence-corrected chi connectivity index (χ4v) is 0. The van der Waals surface area contributed by atoms with Gasteiger partial charge in [-0.1, -0.05) is 0 Å². The Kier molecular flexibility index (Phi) is 109. The number of hydrogen-bond donors (Lipinski definition) is 4. The van der Waals surface area contributed by atoms with E-state index in [-0.39, 0.29) is 24.6 Å². The molecule has 0 aromatic heterocycles. The molecule has 0 fully saturated rings. The SMILES string of the molecule is O=P(=O)[O-].O=P(=O)[O-].O=P(=O)[O-].O=P(=O)[O-].[NH4+].[NH4+].[NH4+].[NH4+]. The predicted molar refractivity (Wildman–Crippen MR) is 57.1 cm³/mol. The molecule has 16 N–H and O–H groups in total. The molecule has 0 amide bonds. The molecule has 0 aliphatic carbocycles. The van der Waals surface area contributed by atoms with Crippen LogP contribution in [0.1, 0.15) is 0 Å². The normalized spacial score (nSPS) is 5.00. The molecule has 0 bridgehead atoms. The van der Waals surface area contributed by atoms with Crippen LogP contribution in [0.25, 0.3) is 0 Å². The molecule has 0 radical (unpaired) electrons. The lowest BCUT2D eigenvalue weighted by atomic mass is 14.0. The van der Waals surface area contributed by atoms with Crippen LogP contribution in [0.5, 0.6) is 0 Å². The maximum absolute atomic E-state index is 8.48. The molecule has 128 valence electrons. The van der Waals surface area contributed by atoms with E-state index in [1.54, 1.807) is 0 Å². The second-order valence-electron chi connectivity index (χ2n) is 0.894. The van der Waals surface area contributed by atoms with Crippen LogP contribution >= 0.6 is 31.6 Å². The second-order valence-corrected chi connectivity index (χ2v) is 2.68. The van der Waals surface area contributed by atoms with Crippen molar-refractivity contribution in [1.82, 2.24) is 24.6 Å². The van der Waals surface area contributed by atoms with Crippen molar-refractivity contribution in [3.8, 4) is 0 Å². The Morgan fingerprint density at radius 2 is 0.350 bits per heavy atom. The van der Waals surface area contributed by atoms with Gasteiger partial charge in [0.15, 0.2) is 0 Å². The first-order chi connectivity index (χ1) is 6.93. The quantitative estimate of drug-likeness (QED) is 0.372. The number of hydrogen-bond acceptors (Lipinski definition) is 12. The molecule has 0 heterocycles. The summed E-state index contributed by atoms with van der Waals surface area (Å²) < 4.78 is 67.9. The van der Waals surface area contributed by atoms with Crippen LogP contribution < -0.4 is 44.2 Å². The van der Waals surface area contributed by atoms with Gasteiger partial charge < -0.3 is 44.2 Å². The van der Waals surface area contributed by atoms with E-state index in [1.165, 1.54) is 0 Å². The highest BCUT2D eigenvalue weighted by Gasteiger charge is 1.36. The molecule has 0 rings (SSSR count). The van der Waals surface area contributed by atoms with E-state index in [9.17, 15) is 0 Å². The molecule has 0 aliphatic heterocycles. The zero-order valence-electron chi connectivity index (χ0n) is 10.7. The largest absolute Gasteiger partial charge is 0.744 e. The third kappa shape index (κ3) is 8830. The van der Waals surface area contributed by atoms with E-state index in [0.29, 0.717) is 0 Å². The lowest BCUT2D eigenvalue weighted by molar-refractivity contribution is -0.170. The molecule has 20 heteroatoms. The Morgan fingerprint density at radius 1 is 0.350 bits per heavy atom. The van der Waals surface area contributed by atoms with Crippen molar-refractivity contribution in [1.29, 1.82) is 0 Å². The van der Waals surface area contributed by atoms with Crippen molar-refractivity contribution in [3.63, 3.8) is 0 Å². The summed E-state index contributed by atoms with van der Waals surface area (Å²) >= 11 is 0. The van der Waals surface area contributed by atoms with Gasteiger partial charge >= 0.3 is 0 Å². The minimum atomic E-state index is -3.37. The maximum Gasteiger partial charge on any atom is 0.250 e. The minimum absolute atomic E-state index is 0. The van der Waals surface area contributed by atoms with Gasteiger partial charge in [-0.05, 0) is 0 Å². The summed E-state index contributed by atoms with van der Waals surface area (Å²) in [6.45, 7) is 0. The fraction of sp³-hybridized carbons (Fsp3) is 0. The lowest BCUT2D eigenvalue weighted by Crippen LogP contribution is -1.71. The summed E-state index contributed by atoms with van der Waals surface area (Å²) in [6, 6.07) is 0. The Morgan fingerprint density at radius 3 is 0.350 bits per heavy atom. The standard InChI is InChI=1S/4H3N.4HO3P/c;;;;4*1-4(2)3/h4*1H3;4*(H,1,2,3). The zero-order chi connectivity index (χ0) is 14.3. The molecule has 16 nitrogen and oxygen atoms in total.